The van der Waals surface area contributed by atoms with Gasteiger partial charge in [-0.05, 0) is 43.4 Å². The van der Waals surface area contributed by atoms with E-state index in [1.54, 1.807) is 6.07 Å². The second-order valence-corrected chi connectivity index (χ2v) is 7.01. The van der Waals surface area contributed by atoms with Gasteiger partial charge in [-0.25, -0.2) is 13.1 Å². The Kier molecular flexibility index (Phi) is 5.08. The summed E-state index contributed by atoms with van der Waals surface area (Å²) < 4.78 is 37.8. The van der Waals surface area contributed by atoms with E-state index in [0.29, 0.717) is 30.5 Å². The highest BCUT2D eigenvalue weighted by Crippen LogP contribution is 2.28. The Morgan fingerprint density at radius 1 is 1.48 bits per heavy atom. The summed E-state index contributed by atoms with van der Waals surface area (Å²) in [5.74, 6) is 0.732. The number of nitrogen functional groups attached to an aromatic ring is 1. The molecule has 1 saturated heterocycles. The van der Waals surface area contributed by atoms with Crippen LogP contribution >= 0.6 is 0 Å². The van der Waals surface area contributed by atoms with Gasteiger partial charge < -0.3 is 15.2 Å². The van der Waals surface area contributed by atoms with Crippen LogP contribution in [0.5, 0.6) is 5.75 Å². The van der Waals surface area contributed by atoms with Crippen LogP contribution in [-0.4, -0.2) is 35.3 Å². The Bertz CT molecular complexity index is 595. The molecule has 1 aromatic rings. The van der Waals surface area contributed by atoms with Crippen molar-refractivity contribution >= 4 is 15.7 Å². The summed E-state index contributed by atoms with van der Waals surface area (Å²) >= 11 is 0. The minimum absolute atomic E-state index is 0.0794. The summed E-state index contributed by atoms with van der Waals surface area (Å²) in [5.41, 5.74) is 7.02. The number of anilines is 1. The average molecular weight is 314 g/mol. The Morgan fingerprint density at radius 2 is 2.24 bits per heavy atom. The molecular formula is C14H22N2O4S. The van der Waals surface area contributed by atoms with Crippen LogP contribution in [0.2, 0.25) is 0 Å². The van der Waals surface area contributed by atoms with Crippen LogP contribution in [0.3, 0.4) is 0 Å². The summed E-state index contributed by atoms with van der Waals surface area (Å²) in [4.78, 5) is 0.0794. The third kappa shape index (κ3) is 3.87. The number of sulfonamides is 1. The molecule has 0 amide bonds. The summed E-state index contributed by atoms with van der Waals surface area (Å²) in [5, 5.41) is 0. The van der Waals surface area contributed by atoms with Crippen LogP contribution in [0.25, 0.3) is 0 Å². The molecule has 0 aromatic heterocycles. The van der Waals surface area contributed by atoms with Crippen molar-refractivity contribution < 1.29 is 17.9 Å². The Labute approximate surface area is 125 Å². The molecule has 1 aliphatic rings. The van der Waals surface area contributed by atoms with Crippen LogP contribution < -0.4 is 15.2 Å². The second-order valence-electron chi connectivity index (χ2n) is 5.28. The molecule has 1 aliphatic heterocycles. The average Bonchev–Trinajstić information content (AvgIpc) is 2.94. The SMILES string of the molecule is COc1cc(C)c(N)cc1S(=O)(=O)NCCC1CCOC1. The fourth-order valence-corrected chi connectivity index (χ4v) is 3.56. The van der Waals surface area contributed by atoms with Gasteiger partial charge in [-0.2, -0.15) is 0 Å². The highest BCUT2D eigenvalue weighted by atomic mass is 32.2. The Hall–Kier alpha value is -1.31. The number of nitrogens with one attached hydrogen (secondary N) is 1. The van der Waals surface area contributed by atoms with Crippen molar-refractivity contribution in [3.63, 3.8) is 0 Å². The van der Waals surface area contributed by atoms with Crippen LogP contribution in [-0.2, 0) is 14.8 Å². The molecule has 0 saturated carbocycles. The van der Waals surface area contributed by atoms with Crippen molar-refractivity contribution in [1.82, 2.24) is 4.72 Å². The van der Waals surface area contributed by atoms with Crippen LogP contribution in [0.1, 0.15) is 18.4 Å². The number of rotatable bonds is 6. The molecule has 0 aliphatic carbocycles. The van der Waals surface area contributed by atoms with E-state index in [1.165, 1.54) is 13.2 Å². The fourth-order valence-electron chi connectivity index (χ4n) is 2.33. The lowest BCUT2D eigenvalue weighted by Gasteiger charge is -2.14. The number of ether oxygens (including phenoxy) is 2. The maximum atomic E-state index is 12.4. The van der Waals surface area contributed by atoms with Gasteiger partial charge in [0, 0.05) is 25.4 Å². The van der Waals surface area contributed by atoms with E-state index in [9.17, 15) is 8.42 Å². The van der Waals surface area contributed by atoms with Crippen LogP contribution in [0.4, 0.5) is 5.69 Å². The quantitative estimate of drug-likeness (QED) is 0.772. The number of hydrogen-bond donors (Lipinski definition) is 2. The van der Waals surface area contributed by atoms with Gasteiger partial charge >= 0.3 is 0 Å². The van der Waals surface area contributed by atoms with E-state index < -0.39 is 10.0 Å². The molecule has 21 heavy (non-hydrogen) atoms. The van der Waals surface area contributed by atoms with Gasteiger partial charge in [0.05, 0.1) is 7.11 Å². The number of aryl methyl sites for hydroxylation is 1. The number of hydrogen-bond acceptors (Lipinski definition) is 5. The number of methoxy groups -OCH3 is 1. The largest absolute Gasteiger partial charge is 0.495 e. The minimum atomic E-state index is -3.63. The first-order valence-corrected chi connectivity index (χ1v) is 8.44. The molecule has 6 nitrogen and oxygen atoms in total. The molecule has 1 heterocycles. The summed E-state index contributed by atoms with van der Waals surface area (Å²) in [7, 11) is -2.19. The number of nitrogens with two attached hydrogens (primary N) is 1. The van der Waals surface area contributed by atoms with Gasteiger partial charge in [0.25, 0.3) is 0 Å². The van der Waals surface area contributed by atoms with Gasteiger partial charge in [-0.3, -0.25) is 0 Å². The van der Waals surface area contributed by atoms with E-state index in [0.717, 1.165) is 25.0 Å². The third-order valence-corrected chi connectivity index (χ3v) is 5.19. The Morgan fingerprint density at radius 3 is 2.86 bits per heavy atom. The molecule has 1 aromatic carbocycles. The Balaban J connectivity index is 2.09. The number of benzene rings is 1. The maximum Gasteiger partial charge on any atom is 0.244 e. The molecular weight excluding hydrogens is 292 g/mol. The van der Waals surface area contributed by atoms with E-state index >= 15 is 0 Å². The first-order valence-electron chi connectivity index (χ1n) is 6.95. The van der Waals surface area contributed by atoms with Gasteiger partial charge in [-0.1, -0.05) is 0 Å². The topological polar surface area (TPSA) is 90.7 Å². The first kappa shape index (κ1) is 16.1. The van der Waals surface area contributed by atoms with E-state index in [1.807, 2.05) is 6.92 Å². The zero-order valence-electron chi connectivity index (χ0n) is 12.4. The molecule has 1 unspecified atom stereocenters. The van der Waals surface area contributed by atoms with Crippen molar-refractivity contribution in [2.75, 3.05) is 32.6 Å². The highest BCUT2D eigenvalue weighted by Gasteiger charge is 2.22. The van der Waals surface area contributed by atoms with E-state index in [-0.39, 0.29) is 4.90 Å². The molecule has 1 fully saturated rings. The zero-order valence-corrected chi connectivity index (χ0v) is 13.2. The summed E-state index contributed by atoms with van der Waals surface area (Å²) in [6.07, 6.45) is 1.76. The maximum absolute atomic E-state index is 12.4. The lowest BCUT2D eigenvalue weighted by molar-refractivity contribution is 0.184. The lowest BCUT2D eigenvalue weighted by Crippen LogP contribution is -2.27. The van der Waals surface area contributed by atoms with Gasteiger partial charge in [0.15, 0.2) is 0 Å². The monoisotopic (exact) mass is 314 g/mol. The highest BCUT2D eigenvalue weighted by molar-refractivity contribution is 7.89. The molecule has 0 spiro atoms. The van der Waals surface area contributed by atoms with Crippen LogP contribution in [0.15, 0.2) is 17.0 Å². The summed E-state index contributed by atoms with van der Waals surface area (Å²) in [6, 6.07) is 3.07. The zero-order chi connectivity index (χ0) is 15.5. The molecule has 118 valence electrons. The molecule has 1 atom stereocenters. The second kappa shape index (κ2) is 6.64. The van der Waals surface area contributed by atoms with Crippen LogP contribution in [0, 0.1) is 12.8 Å². The van der Waals surface area contributed by atoms with Crippen molar-refractivity contribution in [2.45, 2.75) is 24.7 Å². The van der Waals surface area contributed by atoms with Gasteiger partial charge in [-0.15, -0.1) is 0 Å². The molecule has 0 bridgehead atoms. The van der Waals surface area contributed by atoms with Crippen molar-refractivity contribution in [2.24, 2.45) is 5.92 Å². The molecule has 7 heteroatoms. The van der Waals surface area contributed by atoms with Gasteiger partial charge in [0.1, 0.15) is 10.6 Å². The van der Waals surface area contributed by atoms with Crippen molar-refractivity contribution in [1.29, 1.82) is 0 Å². The fraction of sp³-hybridized carbons (Fsp3) is 0.571. The predicted molar refractivity (Wildman–Crippen MR) is 80.9 cm³/mol. The third-order valence-electron chi connectivity index (χ3n) is 3.71. The minimum Gasteiger partial charge on any atom is -0.495 e. The van der Waals surface area contributed by atoms with E-state index in [4.69, 9.17) is 15.2 Å². The normalized spacial score (nSPS) is 18.9. The van der Waals surface area contributed by atoms with Gasteiger partial charge in [0.2, 0.25) is 10.0 Å². The first-order chi connectivity index (χ1) is 9.94. The summed E-state index contributed by atoms with van der Waals surface area (Å²) in [6.45, 7) is 3.66. The molecule has 2 rings (SSSR count). The standard InChI is InChI=1S/C14H22N2O4S/c1-10-7-13(19-2)14(8-12(10)15)21(17,18)16-5-3-11-4-6-20-9-11/h7-8,11,16H,3-6,9,15H2,1-2H3. The molecule has 0 radical (unpaired) electrons. The smallest absolute Gasteiger partial charge is 0.244 e. The lowest BCUT2D eigenvalue weighted by atomic mass is 10.1. The van der Waals surface area contributed by atoms with Crippen molar-refractivity contribution in [3.8, 4) is 5.75 Å². The predicted octanol–water partition coefficient (Wildman–Crippen LogP) is 1.29. The van der Waals surface area contributed by atoms with Crippen molar-refractivity contribution in [3.05, 3.63) is 17.7 Å². The molecule has 3 N–H and O–H groups in total. The van der Waals surface area contributed by atoms with E-state index in [2.05, 4.69) is 4.72 Å².